The maximum atomic E-state index is 12.7. The van der Waals surface area contributed by atoms with Gasteiger partial charge >= 0.3 is 17.9 Å². The van der Waals surface area contributed by atoms with Gasteiger partial charge in [0, 0.05) is 19.3 Å². The van der Waals surface area contributed by atoms with Gasteiger partial charge in [-0.25, -0.2) is 0 Å². The third-order valence-electron chi connectivity index (χ3n) is 13.4. The average molecular weight is 906 g/mol. The standard InChI is InChI=1S/C58H112O6/c1-4-7-10-13-16-18-20-21-22-23-24-25-26-27-28-29-30-31-32-33-34-35-36-38-39-42-45-48-51-57(60)63-54-55(53-62-56(59)50-47-44-41-15-12-9-6-3)64-58(61)52-49-46-43-40-37-19-17-14-11-8-5-2/h55H,4-54H2,1-3H3. The molecule has 0 aliphatic carbocycles. The Hall–Kier alpha value is -1.59. The van der Waals surface area contributed by atoms with Gasteiger partial charge in [0.2, 0.25) is 0 Å². The summed E-state index contributed by atoms with van der Waals surface area (Å²) in [6.07, 6.45) is 60.0. The molecule has 0 rings (SSSR count). The van der Waals surface area contributed by atoms with Gasteiger partial charge in [0.25, 0.3) is 0 Å². The molecule has 6 nitrogen and oxygen atoms in total. The molecule has 0 bridgehead atoms. The zero-order chi connectivity index (χ0) is 46.5. The van der Waals surface area contributed by atoms with Crippen molar-refractivity contribution in [1.82, 2.24) is 0 Å². The van der Waals surface area contributed by atoms with Gasteiger partial charge in [-0.15, -0.1) is 0 Å². The minimum Gasteiger partial charge on any atom is -0.462 e. The highest BCUT2D eigenvalue weighted by Gasteiger charge is 2.19. The quantitative estimate of drug-likeness (QED) is 0.0344. The Morgan fingerprint density at radius 2 is 0.422 bits per heavy atom. The predicted octanol–water partition coefficient (Wildman–Crippen LogP) is 19.2. The van der Waals surface area contributed by atoms with Crippen LogP contribution in [0.4, 0.5) is 0 Å². The first-order valence-electron chi connectivity index (χ1n) is 29.0. The summed E-state index contributed by atoms with van der Waals surface area (Å²) in [6, 6.07) is 0. The van der Waals surface area contributed by atoms with Crippen LogP contribution in [-0.2, 0) is 28.6 Å². The lowest BCUT2D eigenvalue weighted by atomic mass is 10.0. The van der Waals surface area contributed by atoms with E-state index in [1.165, 1.54) is 238 Å². The van der Waals surface area contributed by atoms with E-state index in [0.29, 0.717) is 19.3 Å². The van der Waals surface area contributed by atoms with Crippen LogP contribution in [0.2, 0.25) is 0 Å². The lowest BCUT2D eigenvalue weighted by molar-refractivity contribution is -0.167. The molecule has 64 heavy (non-hydrogen) atoms. The summed E-state index contributed by atoms with van der Waals surface area (Å²) in [5, 5.41) is 0. The lowest BCUT2D eigenvalue weighted by Crippen LogP contribution is -2.30. The molecular weight excluding hydrogens is 793 g/mol. The Bertz CT molecular complexity index is 951. The smallest absolute Gasteiger partial charge is 0.306 e. The summed E-state index contributed by atoms with van der Waals surface area (Å²) in [5.74, 6) is -0.848. The summed E-state index contributed by atoms with van der Waals surface area (Å²) in [7, 11) is 0. The van der Waals surface area contributed by atoms with Crippen molar-refractivity contribution in [1.29, 1.82) is 0 Å². The van der Waals surface area contributed by atoms with E-state index < -0.39 is 6.10 Å². The van der Waals surface area contributed by atoms with Crippen LogP contribution in [0.5, 0.6) is 0 Å². The molecule has 6 heteroatoms. The number of carbonyl (C=O) groups excluding carboxylic acids is 3. The summed E-state index contributed by atoms with van der Waals surface area (Å²) >= 11 is 0. The fraction of sp³-hybridized carbons (Fsp3) is 0.948. The van der Waals surface area contributed by atoms with Crippen molar-refractivity contribution in [3.8, 4) is 0 Å². The highest BCUT2D eigenvalue weighted by Crippen LogP contribution is 2.18. The molecule has 0 aromatic heterocycles. The zero-order valence-electron chi connectivity index (χ0n) is 43.6. The number of rotatable bonds is 54. The largest absolute Gasteiger partial charge is 0.462 e. The number of hydrogen-bond donors (Lipinski definition) is 0. The second-order valence-corrected chi connectivity index (χ2v) is 19.9. The fourth-order valence-electron chi connectivity index (χ4n) is 8.98. The van der Waals surface area contributed by atoms with Crippen LogP contribution in [-0.4, -0.2) is 37.2 Å². The number of hydrogen-bond acceptors (Lipinski definition) is 6. The zero-order valence-corrected chi connectivity index (χ0v) is 43.6. The van der Waals surface area contributed by atoms with Crippen LogP contribution in [0, 0.1) is 0 Å². The average Bonchev–Trinajstić information content (AvgIpc) is 3.29. The summed E-state index contributed by atoms with van der Waals surface area (Å²) in [4.78, 5) is 37.8. The van der Waals surface area contributed by atoms with E-state index in [2.05, 4.69) is 20.8 Å². The van der Waals surface area contributed by atoms with Crippen molar-refractivity contribution < 1.29 is 28.6 Å². The second-order valence-electron chi connectivity index (χ2n) is 19.9. The highest BCUT2D eigenvalue weighted by atomic mass is 16.6. The van der Waals surface area contributed by atoms with Crippen molar-refractivity contribution in [2.75, 3.05) is 13.2 Å². The molecule has 1 unspecified atom stereocenters. The minimum absolute atomic E-state index is 0.0624. The van der Waals surface area contributed by atoms with Crippen molar-refractivity contribution in [3.63, 3.8) is 0 Å². The third kappa shape index (κ3) is 51.4. The van der Waals surface area contributed by atoms with Gasteiger partial charge in [0.05, 0.1) is 0 Å². The van der Waals surface area contributed by atoms with Crippen molar-refractivity contribution in [3.05, 3.63) is 0 Å². The molecule has 0 heterocycles. The monoisotopic (exact) mass is 905 g/mol. The molecule has 0 saturated carbocycles. The van der Waals surface area contributed by atoms with Gasteiger partial charge in [-0.3, -0.25) is 14.4 Å². The summed E-state index contributed by atoms with van der Waals surface area (Å²) in [5.41, 5.74) is 0. The topological polar surface area (TPSA) is 78.9 Å². The van der Waals surface area contributed by atoms with Gasteiger partial charge in [-0.1, -0.05) is 297 Å². The van der Waals surface area contributed by atoms with E-state index in [4.69, 9.17) is 14.2 Å². The molecule has 0 aromatic rings. The molecule has 1 atom stereocenters. The Morgan fingerprint density at radius 1 is 0.250 bits per heavy atom. The normalized spacial score (nSPS) is 11.9. The molecule has 0 fully saturated rings. The lowest BCUT2D eigenvalue weighted by Gasteiger charge is -2.18. The van der Waals surface area contributed by atoms with Gasteiger partial charge in [-0.05, 0) is 19.3 Å². The van der Waals surface area contributed by atoms with Crippen LogP contribution in [0.25, 0.3) is 0 Å². The highest BCUT2D eigenvalue weighted by molar-refractivity contribution is 5.71. The first-order valence-corrected chi connectivity index (χ1v) is 29.0. The Kier molecular flexibility index (Phi) is 52.7. The van der Waals surface area contributed by atoms with Crippen LogP contribution in [0.1, 0.15) is 335 Å². The van der Waals surface area contributed by atoms with E-state index in [0.717, 1.165) is 57.8 Å². The SMILES string of the molecule is CCCCCCCCCCCCCCCCCCCCCCCCCCCCCCC(=O)OCC(COC(=O)CCCCCCCCC)OC(=O)CCCCCCCCCCCCC. The molecule has 0 N–H and O–H groups in total. The molecule has 0 radical (unpaired) electrons. The third-order valence-corrected chi connectivity index (χ3v) is 13.4. The minimum atomic E-state index is -0.759. The Balaban J connectivity index is 3.94. The van der Waals surface area contributed by atoms with Gasteiger partial charge in [0.1, 0.15) is 13.2 Å². The summed E-state index contributed by atoms with van der Waals surface area (Å²) in [6.45, 7) is 6.64. The van der Waals surface area contributed by atoms with E-state index in [-0.39, 0.29) is 31.1 Å². The van der Waals surface area contributed by atoms with E-state index >= 15 is 0 Å². The van der Waals surface area contributed by atoms with Crippen molar-refractivity contribution >= 4 is 17.9 Å². The molecule has 0 saturated heterocycles. The maximum absolute atomic E-state index is 12.7. The number of esters is 3. The van der Waals surface area contributed by atoms with E-state index in [9.17, 15) is 14.4 Å². The molecule has 380 valence electrons. The van der Waals surface area contributed by atoms with Gasteiger partial charge in [0.15, 0.2) is 6.10 Å². The first-order chi connectivity index (χ1) is 31.5. The van der Waals surface area contributed by atoms with E-state index in [1.807, 2.05) is 0 Å². The molecule has 0 aromatic carbocycles. The maximum Gasteiger partial charge on any atom is 0.306 e. The summed E-state index contributed by atoms with van der Waals surface area (Å²) < 4.78 is 16.7. The number of ether oxygens (including phenoxy) is 3. The van der Waals surface area contributed by atoms with Crippen LogP contribution in [0.15, 0.2) is 0 Å². The molecular formula is C58H112O6. The Morgan fingerprint density at radius 3 is 0.625 bits per heavy atom. The number of carbonyl (C=O) groups is 3. The molecule has 0 aliphatic heterocycles. The fourth-order valence-corrected chi connectivity index (χ4v) is 8.98. The number of unbranched alkanes of at least 4 members (excludes halogenated alkanes) is 43. The van der Waals surface area contributed by atoms with Crippen molar-refractivity contribution in [2.45, 2.75) is 341 Å². The molecule has 0 aliphatic rings. The molecule has 0 amide bonds. The second kappa shape index (κ2) is 54.0. The van der Waals surface area contributed by atoms with Crippen LogP contribution in [0.3, 0.4) is 0 Å². The van der Waals surface area contributed by atoms with Crippen LogP contribution < -0.4 is 0 Å². The van der Waals surface area contributed by atoms with Crippen LogP contribution >= 0.6 is 0 Å². The predicted molar refractivity (Wildman–Crippen MR) is 275 cm³/mol. The molecule has 0 spiro atoms. The first kappa shape index (κ1) is 62.4. The van der Waals surface area contributed by atoms with Crippen molar-refractivity contribution in [2.24, 2.45) is 0 Å². The Labute approximate surface area is 399 Å². The van der Waals surface area contributed by atoms with Gasteiger partial charge in [-0.2, -0.15) is 0 Å². The van der Waals surface area contributed by atoms with Gasteiger partial charge < -0.3 is 14.2 Å². The van der Waals surface area contributed by atoms with E-state index in [1.54, 1.807) is 0 Å².